The van der Waals surface area contributed by atoms with Crippen LogP contribution in [0.4, 0.5) is 0 Å². The van der Waals surface area contributed by atoms with Crippen LogP contribution in [0.5, 0.6) is 0 Å². The molecular weight excluding hydrogens is 218 g/mol. The molecule has 1 aromatic heterocycles. The summed E-state index contributed by atoms with van der Waals surface area (Å²) >= 11 is 0. The maximum absolute atomic E-state index is 12.1. The van der Waals surface area contributed by atoms with Gasteiger partial charge in [0.1, 0.15) is 0 Å². The maximum atomic E-state index is 12.1. The molecule has 2 rings (SSSR count). The molecule has 0 bridgehead atoms. The van der Waals surface area contributed by atoms with Crippen molar-refractivity contribution in [2.75, 3.05) is 13.1 Å². The number of hydrogen-bond acceptors (Lipinski definition) is 4. The summed E-state index contributed by atoms with van der Waals surface area (Å²) in [5.41, 5.74) is 6.67. The van der Waals surface area contributed by atoms with E-state index in [9.17, 15) is 4.79 Å². The summed E-state index contributed by atoms with van der Waals surface area (Å²) in [6.45, 7) is 5.37. The SMILES string of the molecule is Cc1cnoc1C(=O)N1CCC(C(C)N)CC1. The minimum atomic E-state index is -0.0527. The Labute approximate surface area is 101 Å². The highest BCUT2D eigenvalue weighted by molar-refractivity contribution is 5.92. The quantitative estimate of drug-likeness (QED) is 0.838. The van der Waals surface area contributed by atoms with Crippen LogP contribution < -0.4 is 5.73 Å². The zero-order valence-corrected chi connectivity index (χ0v) is 10.3. The number of aryl methyl sites for hydroxylation is 1. The van der Waals surface area contributed by atoms with Gasteiger partial charge in [0, 0.05) is 24.7 Å². The number of likely N-dealkylation sites (tertiary alicyclic amines) is 1. The lowest BCUT2D eigenvalue weighted by molar-refractivity contribution is 0.0638. The highest BCUT2D eigenvalue weighted by Gasteiger charge is 2.27. The second kappa shape index (κ2) is 4.87. The van der Waals surface area contributed by atoms with E-state index < -0.39 is 0 Å². The van der Waals surface area contributed by atoms with Crippen LogP contribution in [0.1, 0.15) is 35.9 Å². The number of hydrogen-bond donors (Lipinski definition) is 1. The molecule has 5 heteroatoms. The zero-order chi connectivity index (χ0) is 12.4. The van der Waals surface area contributed by atoms with Crippen LogP contribution in [0.2, 0.25) is 0 Å². The molecule has 1 fully saturated rings. The lowest BCUT2D eigenvalue weighted by Gasteiger charge is -2.33. The van der Waals surface area contributed by atoms with Crippen LogP contribution in [0.15, 0.2) is 10.7 Å². The molecule has 1 saturated heterocycles. The van der Waals surface area contributed by atoms with E-state index in [1.165, 1.54) is 0 Å². The van der Waals surface area contributed by atoms with E-state index in [2.05, 4.69) is 5.16 Å². The van der Waals surface area contributed by atoms with Crippen molar-refractivity contribution in [3.63, 3.8) is 0 Å². The first-order valence-electron chi connectivity index (χ1n) is 6.05. The lowest BCUT2D eigenvalue weighted by atomic mass is 9.91. The first kappa shape index (κ1) is 12.1. The Morgan fingerprint density at radius 3 is 2.71 bits per heavy atom. The Hall–Kier alpha value is -1.36. The minimum absolute atomic E-state index is 0.0527. The first-order valence-corrected chi connectivity index (χ1v) is 6.05. The Kier molecular flexibility index (Phi) is 3.47. The van der Waals surface area contributed by atoms with Gasteiger partial charge in [0.05, 0.1) is 6.20 Å². The largest absolute Gasteiger partial charge is 0.351 e. The van der Waals surface area contributed by atoms with E-state index in [-0.39, 0.29) is 11.9 Å². The number of carbonyl (C=O) groups is 1. The van der Waals surface area contributed by atoms with E-state index in [1.54, 1.807) is 6.20 Å². The fourth-order valence-corrected chi connectivity index (χ4v) is 2.27. The Morgan fingerprint density at radius 2 is 2.24 bits per heavy atom. The van der Waals surface area contributed by atoms with Gasteiger partial charge in [-0.3, -0.25) is 4.79 Å². The van der Waals surface area contributed by atoms with Crippen LogP contribution in [0.3, 0.4) is 0 Å². The molecule has 1 unspecified atom stereocenters. The van der Waals surface area contributed by atoms with Gasteiger partial charge in [0.25, 0.3) is 5.91 Å². The van der Waals surface area contributed by atoms with Crippen molar-refractivity contribution in [1.82, 2.24) is 10.1 Å². The number of rotatable bonds is 2. The van der Waals surface area contributed by atoms with Crippen LogP contribution in [0.25, 0.3) is 0 Å². The summed E-state index contributed by atoms with van der Waals surface area (Å²) in [7, 11) is 0. The van der Waals surface area contributed by atoms with Crippen molar-refractivity contribution < 1.29 is 9.32 Å². The predicted octanol–water partition coefficient (Wildman–Crippen LogP) is 1.18. The van der Waals surface area contributed by atoms with Crippen molar-refractivity contribution in [3.8, 4) is 0 Å². The van der Waals surface area contributed by atoms with Crippen LogP contribution >= 0.6 is 0 Å². The van der Waals surface area contributed by atoms with E-state index >= 15 is 0 Å². The molecule has 94 valence electrons. The third-order valence-electron chi connectivity index (χ3n) is 3.51. The molecule has 2 N–H and O–H groups in total. The zero-order valence-electron chi connectivity index (χ0n) is 10.3. The first-order chi connectivity index (χ1) is 8.09. The van der Waals surface area contributed by atoms with Gasteiger partial charge >= 0.3 is 0 Å². The third-order valence-corrected chi connectivity index (χ3v) is 3.51. The topological polar surface area (TPSA) is 72.4 Å². The summed E-state index contributed by atoms with van der Waals surface area (Å²) in [4.78, 5) is 13.9. The van der Waals surface area contributed by atoms with Crippen molar-refractivity contribution in [2.24, 2.45) is 11.7 Å². The number of nitrogens with zero attached hydrogens (tertiary/aromatic N) is 2. The van der Waals surface area contributed by atoms with Crippen molar-refractivity contribution in [1.29, 1.82) is 0 Å². The minimum Gasteiger partial charge on any atom is -0.351 e. The molecule has 0 aromatic carbocycles. The van der Waals surface area contributed by atoms with E-state index in [4.69, 9.17) is 10.3 Å². The van der Waals surface area contributed by atoms with E-state index in [0.29, 0.717) is 11.7 Å². The highest BCUT2D eigenvalue weighted by atomic mass is 16.5. The summed E-state index contributed by atoms with van der Waals surface area (Å²) in [6.07, 6.45) is 3.51. The fourth-order valence-electron chi connectivity index (χ4n) is 2.27. The summed E-state index contributed by atoms with van der Waals surface area (Å²) in [6, 6.07) is 0.208. The normalized spacial score (nSPS) is 19.4. The van der Waals surface area contributed by atoms with Crippen LogP contribution in [-0.4, -0.2) is 35.1 Å². The van der Waals surface area contributed by atoms with Gasteiger partial charge in [-0.2, -0.15) is 0 Å². The summed E-state index contributed by atoms with van der Waals surface area (Å²) < 4.78 is 4.99. The molecule has 0 spiro atoms. The monoisotopic (exact) mass is 237 g/mol. The number of amides is 1. The molecule has 1 atom stereocenters. The summed E-state index contributed by atoms with van der Waals surface area (Å²) in [5, 5.41) is 3.64. The second-order valence-corrected chi connectivity index (χ2v) is 4.83. The average molecular weight is 237 g/mol. The molecule has 1 aliphatic rings. The van der Waals surface area contributed by atoms with Gasteiger partial charge < -0.3 is 15.2 Å². The van der Waals surface area contributed by atoms with Gasteiger partial charge in [-0.05, 0) is 32.6 Å². The Morgan fingerprint density at radius 1 is 1.59 bits per heavy atom. The van der Waals surface area contributed by atoms with Crippen molar-refractivity contribution >= 4 is 5.91 Å². The maximum Gasteiger partial charge on any atom is 0.292 e. The average Bonchev–Trinajstić information content (AvgIpc) is 2.74. The van der Waals surface area contributed by atoms with Gasteiger partial charge in [0.15, 0.2) is 0 Å². The van der Waals surface area contributed by atoms with Gasteiger partial charge in [-0.25, -0.2) is 0 Å². The van der Waals surface area contributed by atoms with Gasteiger partial charge in [0.2, 0.25) is 5.76 Å². The molecule has 0 aliphatic carbocycles. The molecule has 17 heavy (non-hydrogen) atoms. The molecule has 0 radical (unpaired) electrons. The van der Waals surface area contributed by atoms with E-state index in [1.807, 2.05) is 18.7 Å². The van der Waals surface area contributed by atoms with Gasteiger partial charge in [-0.1, -0.05) is 5.16 Å². The van der Waals surface area contributed by atoms with Gasteiger partial charge in [-0.15, -0.1) is 0 Å². The van der Waals surface area contributed by atoms with Crippen LogP contribution in [-0.2, 0) is 0 Å². The standard InChI is InChI=1S/C12H19N3O2/c1-8-7-14-17-11(8)12(16)15-5-3-10(4-6-15)9(2)13/h7,9-10H,3-6,13H2,1-2H3. The molecule has 5 nitrogen and oxygen atoms in total. The smallest absolute Gasteiger partial charge is 0.292 e. The van der Waals surface area contributed by atoms with Crippen molar-refractivity contribution in [2.45, 2.75) is 32.7 Å². The Bertz CT molecular complexity index is 392. The molecule has 1 amide bonds. The highest BCUT2D eigenvalue weighted by Crippen LogP contribution is 2.21. The number of carbonyl (C=O) groups excluding carboxylic acids is 1. The second-order valence-electron chi connectivity index (χ2n) is 4.83. The number of aromatic nitrogens is 1. The fraction of sp³-hybridized carbons (Fsp3) is 0.667. The molecule has 1 aromatic rings. The lowest BCUT2D eigenvalue weighted by Crippen LogP contribution is -2.42. The number of piperidine rings is 1. The van der Waals surface area contributed by atoms with Crippen molar-refractivity contribution in [3.05, 3.63) is 17.5 Å². The molecule has 1 aliphatic heterocycles. The Balaban J connectivity index is 1.98. The molecular formula is C12H19N3O2. The molecule has 2 heterocycles. The van der Waals surface area contributed by atoms with E-state index in [0.717, 1.165) is 31.5 Å². The number of nitrogens with two attached hydrogens (primary N) is 1. The molecule has 0 saturated carbocycles. The predicted molar refractivity (Wildman–Crippen MR) is 63.5 cm³/mol. The summed E-state index contributed by atoms with van der Waals surface area (Å²) in [5.74, 6) is 0.835. The third kappa shape index (κ3) is 2.49. The van der Waals surface area contributed by atoms with Crippen LogP contribution in [0, 0.1) is 12.8 Å².